The number of fused-ring (bicyclic) bond motifs is 1. The van der Waals surface area contributed by atoms with E-state index >= 15 is 0 Å². The van der Waals surface area contributed by atoms with Gasteiger partial charge in [0.2, 0.25) is 0 Å². The second-order valence-electron chi connectivity index (χ2n) is 9.65. The van der Waals surface area contributed by atoms with Crippen molar-refractivity contribution in [3.63, 3.8) is 0 Å². The molecule has 1 atom stereocenters. The molecule has 2 aliphatic rings. The maximum Gasteiger partial charge on any atom is 0.137 e. The monoisotopic (exact) mass is 531 g/mol. The van der Waals surface area contributed by atoms with Gasteiger partial charge in [0, 0.05) is 31.1 Å². The molecule has 1 fully saturated rings. The summed E-state index contributed by atoms with van der Waals surface area (Å²) >= 11 is 1.62. The molecule has 38 heavy (non-hydrogen) atoms. The molecule has 0 amide bonds. The molecule has 2 aromatic carbocycles. The molecule has 0 radical (unpaired) electrons. The van der Waals surface area contributed by atoms with Crippen LogP contribution in [0.15, 0.2) is 58.5 Å². The summed E-state index contributed by atoms with van der Waals surface area (Å²) in [5, 5.41) is 22.6. The molecule has 0 aromatic heterocycles. The lowest BCUT2D eigenvalue weighted by atomic mass is 10.0. The van der Waals surface area contributed by atoms with E-state index in [9.17, 15) is 5.26 Å². The van der Waals surface area contributed by atoms with Gasteiger partial charge >= 0.3 is 0 Å². The minimum atomic E-state index is 0.0145. The first kappa shape index (κ1) is 27.7. The molecule has 8 heteroatoms. The highest BCUT2D eigenvalue weighted by molar-refractivity contribution is 8.13. The van der Waals surface area contributed by atoms with E-state index in [-0.39, 0.29) is 12.1 Å². The van der Waals surface area contributed by atoms with Crippen molar-refractivity contribution >= 4 is 23.5 Å². The van der Waals surface area contributed by atoms with E-state index < -0.39 is 0 Å². The Labute approximate surface area is 230 Å². The highest BCUT2D eigenvalue weighted by Gasteiger charge is 2.28. The van der Waals surface area contributed by atoms with Gasteiger partial charge in [-0.1, -0.05) is 43.0 Å². The number of nitrogens with one attached hydrogen (secondary N) is 1. The number of rotatable bonds is 10. The summed E-state index contributed by atoms with van der Waals surface area (Å²) in [7, 11) is 0. The van der Waals surface area contributed by atoms with Crippen LogP contribution in [0.3, 0.4) is 0 Å². The van der Waals surface area contributed by atoms with Crippen LogP contribution in [0.2, 0.25) is 0 Å². The largest absolute Gasteiger partial charge is 0.490 e. The van der Waals surface area contributed by atoms with Crippen LogP contribution >= 0.6 is 11.8 Å². The predicted octanol–water partition coefficient (Wildman–Crippen LogP) is 5.80. The first-order valence-corrected chi connectivity index (χ1v) is 14.3. The normalized spacial score (nSPS) is 17.8. The molecule has 1 unspecified atom stereocenters. The Morgan fingerprint density at radius 2 is 2.13 bits per heavy atom. The summed E-state index contributed by atoms with van der Waals surface area (Å²) in [6.45, 7) is 13.1. The van der Waals surface area contributed by atoms with Crippen molar-refractivity contribution in [3.8, 4) is 11.8 Å². The highest BCUT2D eigenvalue weighted by atomic mass is 32.2. The van der Waals surface area contributed by atoms with Crippen molar-refractivity contribution in [2.75, 3.05) is 26.3 Å². The third kappa shape index (κ3) is 6.77. The number of morpholine rings is 1. The zero-order chi connectivity index (χ0) is 26.9. The standard InChI is InChI=1S/C30H37N5O2S/c1-5-7-29(35-14-16-36-17-15-35)33-27-12-11-24-25(27)8-6-9-26(24)30(34-32-4)38-20-22-10-13-28(37-21(2)3)23(18-22)19-31/h6-10,13,18,21,27,33H,4-5,11-12,14-17,20H2,1-3H3/b29-7+,34-30-. The molecule has 4 rings (SSSR count). The van der Waals surface area contributed by atoms with Crippen LogP contribution in [0.5, 0.6) is 5.75 Å². The van der Waals surface area contributed by atoms with Gasteiger partial charge in [-0.15, -0.1) is 5.10 Å². The average Bonchev–Trinajstić information content (AvgIpc) is 3.34. The maximum atomic E-state index is 9.60. The minimum absolute atomic E-state index is 0.0145. The second kappa shape index (κ2) is 13.5. The Morgan fingerprint density at radius 3 is 2.84 bits per heavy atom. The zero-order valence-electron chi connectivity index (χ0n) is 22.6. The number of nitriles is 1. The topological polar surface area (TPSA) is 82.2 Å². The van der Waals surface area contributed by atoms with Crippen LogP contribution in [0.1, 0.15) is 67.5 Å². The van der Waals surface area contributed by atoms with Gasteiger partial charge in [-0.05, 0) is 68.0 Å². The summed E-state index contributed by atoms with van der Waals surface area (Å²) in [6, 6.07) is 14.7. The van der Waals surface area contributed by atoms with Gasteiger partial charge in [0.15, 0.2) is 0 Å². The lowest BCUT2D eigenvalue weighted by Gasteiger charge is -2.33. The van der Waals surface area contributed by atoms with E-state index in [1.54, 1.807) is 11.8 Å². The van der Waals surface area contributed by atoms with Gasteiger partial charge in [0.25, 0.3) is 0 Å². The molecule has 2 aromatic rings. The first-order valence-electron chi connectivity index (χ1n) is 13.3. The Bertz CT molecular complexity index is 1230. The Balaban J connectivity index is 1.52. The molecule has 7 nitrogen and oxygen atoms in total. The third-order valence-corrected chi connectivity index (χ3v) is 7.69. The van der Waals surface area contributed by atoms with Crippen LogP contribution in [0.25, 0.3) is 0 Å². The van der Waals surface area contributed by atoms with Crippen LogP contribution < -0.4 is 10.1 Å². The summed E-state index contributed by atoms with van der Waals surface area (Å²) in [5.41, 5.74) is 5.32. The third-order valence-electron chi connectivity index (χ3n) is 6.64. The molecule has 200 valence electrons. The lowest BCUT2D eigenvalue weighted by Crippen LogP contribution is -2.41. The maximum absolute atomic E-state index is 9.60. The van der Waals surface area contributed by atoms with E-state index in [4.69, 9.17) is 9.47 Å². The molecule has 0 spiro atoms. The fraction of sp³-hybridized carbons (Fsp3) is 0.433. The van der Waals surface area contributed by atoms with Crippen LogP contribution in [-0.2, 0) is 16.9 Å². The number of allylic oxidation sites excluding steroid dienone is 1. The number of benzene rings is 2. The molecule has 1 saturated heterocycles. The van der Waals surface area contributed by atoms with E-state index in [0.29, 0.717) is 17.1 Å². The molecular weight excluding hydrogens is 494 g/mol. The number of nitrogens with zero attached hydrogens (tertiary/aromatic N) is 4. The number of ether oxygens (including phenoxy) is 2. The zero-order valence-corrected chi connectivity index (χ0v) is 23.4. The van der Waals surface area contributed by atoms with Crippen molar-refractivity contribution < 1.29 is 9.47 Å². The van der Waals surface area contributed by atoms with Crippen molar-refractivity contribution in [2.45, 2.75) is 57.9 Å². The summed E-state index contributed by atoms with van der Waals surface area (Å²) in [5.74, 6) is 2.48. The number of thioether (sulfide) groups is 1. The molecule has 1 aliphatic carbocycles. The molecule has 0 bridgehead atoms. The van der Waals surface area contributed by atoms with E-state index in [0.717, 1.165) is 61.7 Å². The van der Waals surface area contributed by atoms with Gasteiger partial charge in [-0.2, -0.15) is 10.4 Å². The van der Waals surface area contributed by atoms with Crippen LogP contribution in [-0.4, -0.2) is 49.1 Å². The van der Waals surface area contributed by atoms with Crippen LogP contribution in [0, 0.1) is 11.3 Å². The van der Waals surface area contributed by atoms with Crippen molar-refractivity contribution in [1.82, 2.24) is 10.2 Å². The predicted molar refractivity (Wildman–Crippen MR) is 156 cm³/mol. The van der Waals surface area contributed by atoms with Crippen LogP contribution in [0.4, 0.5) is 0 Å². The van der Waals surface area contributed by atoms with Gasteiger partial charge in [0.1, 0.15) is 16.9 Å². The average molecular weight is 532 g/mol. The van der Waals surface area contributed by atoms with Crippen molar-refractivity contribution in [2.24, 2.45) is 10.2 Å². The van der Waals surface area contributed by atoms with Gasteiger partial charge < -0.3 is 19.7 Å². The van der Waals surface area contributed by atoms with Gasteiger partial charge in [-0.25, -0.2) is 0 Å². The highest BCUT2D eigenvalue weighted by Crippen LogP contribution is 2.36. The molecule has 1 N–H and O–H groups in total. The molecular formula is C30H37N5O2S. The molecule has 1 aliphatic heterocycles. The molecule has 1 heterocycles. The Hall–Kier alpha value is -3.28. The van der Waals surface area contributed by atoms with E-state index in [2.05, 4.69) is 64.4 Å². The quantitative estimate of drug-likeness (QED) is 0.237. The number of hydrogen-bond acceptors (Lipinski definition) is 8. The fourth-order valence-corrected chi connectivity index (χ4v) is 5.89. The van der Waals surface area contributed by atoms with Crippen molar-refractivity contribution in [3.05, 3.63) is 76.1 Å². The lowest BCUT2D eigenvalue weighted by molar-refractivity contribution is 0.0492. The summed E-state index contributed by atoms with van der Waals surface area (Å²) in [4.78, 5) is 2.40. The van der Waals surface area contributed by atoms with E-state index in [1.165, 1.54) is 16.9 Å². The second-order valence-corrected chi connectivity index (χ2v) is 10.6. The summed E-state index contributed by atoms with van der Waals surface area (Å²) in [6.07, 6.45) is 5.28. The Kier molecular flexibility index (Phi) is 9.85. The van der Waals surface area contributed by atoms with E-state index in [1.807, 2.05) is 32.0 Å². The Morgan fingerprint density at radius 1 is 1.32 bits per heavy atom. The summed E-state index contributed by atoms with van der Waals surface area (Å²) < 4.78 is 11.3. The van der Waals surface area contributed by atoms with Gasteiger partial charge in [0.05, 0.1) is 36.7 Å². The van der Waals surface area contributed by atoms with Crippen molar-refractivity contribution in [1.29, 1.82) is 5.26 Å². The first-order chi connectivity index (χ1) is 18.5. The fourth-order valence-electron chi connectivity index (χ4n) is 4.95. The smallest absolute Gasteiger partial charge is 0.137 e. The number of hydrogen-bond donors (Lipinski definition) is 1. The minimum Gasteiger partial charge on any atom is -0.490 e. The SMILES string of the molecule is C=N/N=C(\SCc1ccc(OC(C)C)c(C#N)c1)c1cccc2c1CCC2N/C(=C\CC)N1CCOCC1. The van der Waals surface area contributed by atoms with Gasteiger partial charge in [-0.3, -0.25) is 0 Å². The molecule has 0 saturated carbocycles.